The summed E-state index contributed by atoms with van der Waals surface area (Å²) in [7, 11) is 4.29. The van der Waals surface area contributed by atoms with E-state index in [0.717, 1.165) is 38.5 Å². The summed E-state index contributed by atoms with van der Waals surface area (Å²) in [6.45, 7) is 2.55. The van der Waals surface area contributed by atoms with Crippen molar-refractivity contribution in [3.8, 4) is 0 Å². The molecule has 5 nitrogen and oxygen atoms in total. The van der Waals surface area contributed by atoms with Crippen LogP contribution in [0.5, 0.6) is 0 Å². The first-order valence-electron chi connectivity index (χ1n) is 9.70. The first-order valence-corrected chi connectivity index (χ1v) is 10.1. The lowest BCUT2D eigenvalue weighted by atomic mass is 9.77. The van der Waals surface area contributed by atoms with E-state index in [9.17, 15) is 4.79 Å². The van der Waals surface area contributed by atoms with Crippen molar-refractivity contribution in [3.63, 3.8) is 0 Å². The predicted octanol–water partition coefficient (Wildman–Crippen LogP) is 2.94. The van der Waals surface area contributed by atoms with Crippen molar-refractivity contribution in [2.45, 2.75) is 37.8 Å². The molecule has 6 heteroatoms. The van der Waals surface area contributed by atoms with Gasteiger partial charge in [-0.05, 0) is 69.7 Å². The number of aromatic nitrogens is 1. The first kappa shape index (κ1) is 18.2. The number of hydrogen-bond donors (Lipinski definition) is 0. The molecule has 142 valence electrons. The molecular weight excluding hydrogens is 350 g/mol. The highest BCUT2D eigenvalue weighted by molar-refractivity contribution is 6.30. The van der Waals surface area contributed by atoms with E-state index in [1.807, 2.05) is 4.90 Å². The summed E-state index contributed by atoms with van der Waals surface area (Å²) >= 11 is 5.89. The van der Waals surface area contributed by atoms with Gasteiger partial charge in [-0.2, -0.15) is 0 Å². The van der Waals surface area contributed by atoms with Gasteiger partial charge in [-0.1, -0.05) is 11.6 Å². The second-order valence-corrected chi connectivity index (χ2v) is 8.85. The van der Waals surface area contributed by atoms with Crippen molar-refractivity contribution in [2.75, 3.05) is 33.8 Å². The van der Waals surface area contributed by atoms with Gasteiger partial charge in [-0.15, -0.1) is 0 Å². The standard InChI is InChI=1S/C20H28ClN3O2/c1-23(2)18-7-14-10-24(20(25)17-6-5-16(21)9-22-17)11-15(14)8-19(18)26-12-13-3-4-13/h5-6,9,13-15,18-19H,3-4,7-8,10-12H2,1-2H3/t14-,15+,18-,19-/m1/s1. The number of hydrogen-bond acceptors (Lipinski definition) is 4. The smallest absolute Gasteiger partial charge is 0.272 e. The minimum Gasteiger partial charge on any atom is -0.376 e. The summed E-state index contributed by atoms with van der Waals surface area (Å²) < 4.78 is 6.31. The molecule has 0 radical (unpaired) electrons. The molecule has 2 aliphatic carbocycles. The molecule has 2 saturated carbocycles. The Kier molecular flexibility index (Phi) is 5.22. The molecule has 3 fully saturated rings. The number of likely N-dealkylation sites (N-methyl/N-ethyl adjacent to an activating group) is 1. The Balaban J connectivity index is 1.41. The van der Waals surface area contributed by atoms with Crippen LogP contribution < -0.4 is 0 Å². The molecule has 26 heavy (non-hydrogen) atoms. The van der Waals surface area contributed by atoms with Crippen LogP contribution in [0.3, 0.4) is 0 Å². The van der Waals surface area contributed by atoms with Crippen molar-refractivity contribution >= 4 is 17.5 Å². The third kappa shape index (κ3) is 3.90. The molecule has 0 spiro atoms. The molecular formula is C20H28ClN3O2. The lowest BCUT2D eigenvalue weighted by Crippen LogP contribution is -2.48. The van der Waals surface area contributed by atoms with Gasteiger partial charge in [0.1, 0.15) is 5.69 Å². The van der Waals surface area contributed by atoms with E-state index in [0.29, 0.717) is 28.6 Å². The Hall–Kier alpha value is -1.17. The highest BCUT2D eigenvalue weighted by Gasteiger charge is 2.45. The van der Waals surface area contributed by atoms with Gasteiger partial charge >= 0.3 is 0 Å². The van der Waals surface area contributed by atoms with Crippen LogP contribution in [0, 0.1) is 17.8 Å². The van der Waals surface area contributed by atoms with Crippen LogP contribution in [0.2, 0.25) is 5.02 Å². The van der Waals surface area contributed by atoms with Crippen molar-refractivity contribution in [2.24, 2.45) is 17.8 Å². The molecule has 3 aliphatic rings. The van der Waals surface area contributed by atoms with Gasteiger partial charge in [0.05, 0.1) is 11.1 Å². The summed E-state index contributed by atoms with van der Waals surface area (Å²) in [5, 5.41) is 0.557. The second-order valence-electron chi connectivity index (χ2n) is 8.41. The van der Waals surface area contributed by atoms with Gasteiger partial charge in [-0.3, -0.25) is 4.79 Å². The normalized spacial score (nSPS) is 31.3. The van der Waals surface area contributed by atoms with E-state index in [2.05, 4.69) is 24.0 Å². The zero-order valence-electron chi connectivity index (χ0n) is 15.6. The summed E-state index contributed by atoms with van der Waals surface area (Å²) in [5.74, 6) is 1.90. The van der Waals surface area contributed by atoms with E-state index < -0.39 is 0 Å². The number of carbonyl (C=O) groups is 1. The lowest BCUT2D eigenvalue weighted by Gasteiger charge is -2.41. The molecule has 1 aliphatic heterocycles. The number of nitrogens with zero attached hydrogens (tertiary/aromatic N) is 3. The number of likely N-dealkylation sites (tertiary alicyclic amines) is 1. The van der Waals surface area contributed by atoms with E-state index >= 15 is 0 Å². The van der Waals surface area contributed by atoms with Crippen LogP contribution in [0.4, 0.5) is 0 Å². The number of amides is 1. The fourth-order valence-corrected chi connectivity index (χ4v) is 4.60. The minimum atomic E-state index is 0.0212. The first-order chi connectivity index (χ1) is 12.5. The van der Waals surface area contributed by atoms with E-state index in [1.54, 1.807) is 18.3 Å². The van der Waals surface area contributed by atoms with E-state index in [4.69, 9.17) is 16.3 Å². The number of halogens is 1. The number of ether oxygens (including phenoxy) is 1. The maximum Gasteiger partial charge on any atom is 0.272 e. The third-order valence-corrected chi connectivity index (χ3v) is 6.45. The lowest BCUT2D eigenvalue weighted by molar-refractivity contribution is -0.0493. The van der Waals surface area contributed by atoms with Crippen LogP contribution in [-0.4, -0.2) is 66.6 Å². The van der Waals surface area contributed by atoms with Crippen LogP contribution in [0.15, 0.2) is 18.3 Å². The minimum absolute atomic E-state index is 0.0212. The molecule has 2 heterocycles. The highest BCUT2D eigenvalue weighted by Crippen LogP contribution is 2.40. The molecule has 1 aromatic rings. The monoisotopic (exact) mass is 377 g/mol. The number of pyridine rings is 1. The van der Waals surface area contributed by atoms with Crippen molar-refractivity contribution in [3.05, 3.63) is 29.0 Å². The molecule has 1 aromatic heterocycles. The molecule has 4 rings (SSSR count). The Labute approximate surface area is 160 Å². The van der Waals surface area contributed by atoms with Gasteiger partial charge < -0.3 is 14.5 Å². The molecule has 1 saturated heterocycles. The fraction of sp³-hybridized carbons (Fsp3) is 0.700. The molecule has 0 N–H and O–H groups in total. The summed E-state index contributed by atoms with van der Waals surface area (Å²) in [6, 6.07) is 3.89. The number of rotatable bonds is 5. The van der Waals surface area contributed by atoms with E-state index in [1.165, 1.54) is 12.8 Å². The fourth-order valence-electron chi connectivity index (χ4n) is 4.49. The maximum atomic E-state index is 12.8. The molecule has 1 amide bonds. The summed E-state index contributed by atoms with van der Waals surface area (Å²) in [5.41, 5.74) is 0.485. The Morgan fingerprint density at radius 2 is 2.00 bits per heavy atom. The zero-order valence-corrected chi connectivity index (χ0v) is 16.4. The number of carbonyl (C=O) groups excluding carboxylic acids is 1. The van der Waals surface area contributed by atoms with Crippen LogP contribution >= 0.6 is 11.6 Å². The Morgan fingerprint density at radius 1 is 1.27 bits per heavy atom. The average molecular weight is 378 g/mol. The van der Waals surface area contributed by atoms with Gasteiger partial charge in [0.25, 0.3) is 5.91 Å². The summed E-state index contributed by atoms with van der Waals surface area (Å²) in [4.78, 5) is 21.3. The maximum absolute atomic E-state index is 12.8. The molecule has 0 bridgehead atoms. The molecule has 0 unspecified atom stereocenters. The predicted molar refractivity (Wildman–Crippen MR) is 101 cm³/mol. The average Bonchev–Trinajstić information content (AvgIpc) is 3.36. The van der Waals surface area contributed by atoms with Crippen molar-refractivity contribution in [1.82, 2.24) is 14.8 Å². The topological polar surface area (TPSA) is 45.7 Å². The molecule has 4 atom stereocenters. The zero-order chi connectivity index (χ0) is 18.3. The quantitative estimate of drug-likeness (QED) is 0.791. The van der Waals surface area contributed by atoms with Crippen molar-refractivity contribution < 1.29 is 9.53 Å². The Morgan fingerprint density at radius 3 is 2.62 bits per heavy atom. The SMILES string of the molecule is CN(C)[C@@H]1C[C@@H]2CN(C(=O)c3ccc(Cl)cn3)C[C@@H]2C[C@H]1OCC1CC1. The van der Waals surface area contributed by atoms with Gasteiger partial charge in [0.15, 0.2) is 0 Å². The molecule has 0 aromatic carbocycles. The van der Waals surface area contributed by atoms with Gasteiger partial charge in [0.2, 0.25) is 0 Å². The second kappa shape index (κ2) is 7.45. The van der Waals surface area contributed by atoms with Gasteiger partial charge in [-0.25, -0.2) is 4.98 Å². The van der Waals surface area contributed by atoms with Crippen LogP contribution in [-0.2, 0) is 4.74 Å². The third-order valence-electron chi connectivity index (χ3n) is 6.22. The van der Waals surface area contributed by atoms with Crippen molar-refractivity contribution in [1.29, 1.82) is 0 Å². The summed E-state index contributed by atoms with van der Waals surface area (Å²) in [6.07, 6.45) is 6.63. The van der Waals surface area contributed by atoms with Crippen LogP contribution in [0.1, 0.15) is 36.2 Å². The largest absolute Gasteiger partial charge is 0.376 e. The van der Waals surface area contributed by atoms with E-state index in [-0.39, 0.29) is 12.0 Å². The van der Waals surface area contributed by atoms with Gasteiger partial charge in [0, 0.05) is 31.9 Å². The highest BCUT2D eigenvalue weighted by atomic mass is 35.5. The Bertz CT molecular complexity index is 647. The number of fused-ring (bicyclic) bond motifs is 1. The van der Waals surface area contributed by atoms with Crippen LogP contribution in [0.25, 0.3) is 0 Å².